The number of para-hydroxylation sites is 2. The van der Waals surface area contributed by atoms with E-state index in [1.807, 2.05) is 6.07 Å². The molecular formula is C20H20F2N2O4. The number of carbonyl (C=O) groups excluding carboxylic acids is 1. The van der Waals surface area contributed by atoms with Crippen molar-refractivity contribution in [3.63, 3.8) is 0 Å². The average Bonchev–Trinajstić information content (AvgIpc) is 3.17. The molecule has 0 aliphatic carbocycles. The number of carbonyl (C=O) groups is 2. The Morgan fingerprint density at radius 3 is 2.46 bits per heavy atom. The SMILES string of the molecule is O=C(O)N1CC[C@H](N(CC(F)F)C(=O)c2ccccc2Oc2ccccc2)C1. The highest BCUT2D eigenvalue weighted by molar-refractivity contribution is 5.97. The van der Waals surface area contributed by atoms with Crippen LogP contribution in [0.1, 0.15) is 16.8 Å². The number of amides is 2. The Kier molecular flexibility index (Phi) is 6.08. The van der Waals surface area contributed by atoms with E-state index in [2.05, 4.69) is 0 Å². The molecule has 0 unspecified atom stereocenters. The Morgan fingerprint density at radius 1 is 1.14 bits per heavy atom. The number of ether oxygens (including phenoxy) is 1. The standard InChI is InChI=1S/C20H20F2N2O4/c21-18(22)13-24(14-10-11-23(12-14)20(26)27)19(25)16-8-4-5-9-17(16)28-15-6-2-1-3-7-15/h1-9,14,18H,10-13H2,(H,26,27)/t14-/m0/s1. The van der Waals surface area contributed by atoms with Crippen LogP contribution < -0.4 is 4.74 Å². The number of carboxylic acid groups (broad SMARTS) is 1. The normalized spacial score (nSPS) is 16.2. The predicted octanol–water partition coefficient (Wildman–Crippen LogP) is 3.94. The van der Waals surface area contributed by atoms with Gasteiger partial charge in [-0.15, -0.1) is 0 Å². The molecule has 0 saturated carbocycles. The number of alkyl halides is 2. The van der Waals surface area contributed by atoms with Gasteiger partial charge in [-0.2, -0.15) is 0 Å². The van der Waals surface area contributed by atoms with Crippen LogP contribution in [0.25, 0.3) is 0 Å². The van der Waals surface area contributed by atoms with Gasteiger partial charge >= 0.3 is 6.09 Å². The fraction of sp³-hybridized carbons (Fsp3) is 0.300. The number of halogens is 2. The van der Waals surface area contributed by atoms with Gasteiger partial charge in [0, 0.05) is 13.1 Å². The summed E-state index contributed by atoms with van der Waals surface area (Å²) in [6.45, 7) is -0.554. The van der Waals surface area contributed by atoms with Gasteiger partial charge in [-0.05, 0) is 30.7 Å². The molecule has 1 N–H and O–H groups in total. The van der Waals surface area contributed by atoms with Gasteiger partial charge in [-0.1, -0.05) is 30.3 Å². The van der Waals surface area contributed by atoms with Crippen molar-refractivity contribution in [2.75, 3.05) is 19.6 Å². The lowest BCUT2D eigenvalue weighted by atomic mass is 10.1. The third-order valence-corrected chi connectivity index (χ3v) is 4.56. The molecule has 8 heteroatoms. The highest BCUT2D eigenvalue weighted by atomic mass is 19.3. The lowest BCUT2D eigenvalue weighted by molar-refractivity contribution is 0.0440. The van der Waals surface area contributed by atoms with E-state index in [-0.39, 0.29) is 24.4 Å². The van der Waals surface area contributed by atoms with Crippen molar-refractivity contribution >= 4 is 12.0 Å². The molecule has 28 heavy (non-hydrogen) atoms. The van der Waals surface area contributed by atoms with Gasteiger partial charge in [0.2, 0.25) is 0 Å². The molecule has 6 nitrogen and oxygen atoms in total. The second-order valence-corrected chi connectivity index (χ2v) is 6.43. The summed E-state index contributed by atoms with van der Waals surface area (Å²) in [5.74, 6) is 0.163. The number of hydrogen-bond acceptors (Lipinski definition) is 3. The fourth-order valence-electron chi connectivity index (χ4n) is 3.22. The van der Waals surface area contributed by atoms with Crippen LogP contribution in [0.5, 0.6) is 11.5 Å². The van der Waals surface area contributed by atoms with Gasteiger partial charge in [0.15, 0.2) is 0 Å². The minimum absolute atomic E-state index is 0.00943. The lowest BCUT2D eigenvalue weighted by Crippen LogP contribution is -2.45. The largest absolute Gasteiger partial charge is 0.465 e. The molecule has 2 amide bonds. The van der Waals surface area contributed by atoms with E-state index >= 15 is 0 Å². The van der Waals surface area contributed by atoms with Gasteiger partial charge in [-0.25, -0.2) is 13.6 Å². The molecule has 2 aromatic carbocycles. The zero-order chi connectivity index (χ0) is 20.1. The smallest absolute Gasteiger partial charge is 0.407 e. The van der Waals surface area contributed by atoms with Crippen LogP contribution in [0.2, 0.25) is 0 Å². The number of benzene rings is 2. The maximum Gasteiger partial charge on any atom is 0.407 e. The van der Waals surface area contributed by atoms with E-state index in [9.17, 15) is 18.4 Å². The maximum absolute atomic E-state index is 13.2. The molecule has 0 spiro atoms. The number of likely N-dealkylation sites (tertiary alicyclic amines) is 1. The van der Waals surface area contributed by atoms with Crippen molar-refractivity contribution < 1.29 is 28.2 Å². The van der Waals surface area contributed by atoms with Gasteiger partial charge in [-0.3, -0.25) is 4.79 Å². The number of nitrogens with zero attached hydrogens (tertiary/aromatic N) is 2. The molecule has 1 aliphatic heterocycles. The van der Waals surface area contributed by atoms with E-state index in [0.717, 1.165) is 9.80 Å². The van der Waals surface area contributed by atoms with Crippen LogP contribution >= 0.6 is 0 Å². The molecule has 2 aromatic rings. The summed E-state index contributed by atoms with van der Waals surface area (Å²) in [5, 5.41) is 9.11. The zero-order valence-corrected chi connectivity index (χ0v) is 15.0. The maximum atomic E-state index is 13.2. The highest BCUT2D eigenvalue weighted by Crippen LogP contribution is 2.28. The van der Waals surface area contributed by atoms with Crippen molar-refractivity contribution in [1.82, 2.24) is 9.80 Å². The fourth-order valence-corrected chi connectivity index (χ4v) is 3.22. The van der Waals surface area contributed by atoms with Gasteiger partial charge in [0.25, 0.3) is 12.3 Å². The van der Waals surface area contributed by atoms with E-state index in [1.165, 1.54) is 6.07 Å². The molecule has 0 radical (unpaired) electrons. The molecule has 0 aromatic heterocycles. The third kappa shape index (κ3) is 4.57. The summed E-state index contributed by atoms with van der Waals surface area (Å²) in [5.41, 5.74) is 0.153. The minimum atomic E-state index is -2.73. The van der Waals surface area contributed by atoms with E-state index < -0.39 is 31.0 Å². The molecule has 3 rings (SSSR count). The Hall–Kier alpha value is -3.16. The summed E-state index contributed by atoms with van der Waals surface area (Å²) >= 11 is 0. The van der Waals surface area contributed by atoms with Crippen LogP contribution in [0.15, 0.2) is 54.6 Å². The van der Waals surface area contributed by atoms with Crippen LogP contribution in [0, 0.1) is 0 Å². The Morgan fingerprint density at radius 2 is 1.82 bits per heavy atom. The van der Waals surface area contributed by atoms with E-state index in [1.54, 1.807) is 42.5 Å². The predicted molar refractivity (Wildman–Crippen MR) is 98.0 cm³/mol. The Labute approximate surface area is 160 Å². The monoisotopic (exact) mass is 390 g/mol. The first-order valence-corrected chi connectivity index (χ1v) is 8.84. The lowest BCUT2D eigenvalue weighted by Gasteiger charge is -2.29. The number of rotatable bonds is 6. The van der Waals surface area contributed by atoms with Crippen molar-refractivity contribution in [2.24, 2.45) is 0 Å². The first-order chi connectivity index (χ1) is 13.5. The van der Waals surface area contributed by atoms with Crippen molar-refractivity contribution in [1.29, 1.82) is 0 Å². The quantitative estimate of drug-likeness (QED) is 0.811. The summed E-state index contributed by atoms with van der Waals surface area (Å²) in [6, 6.07) is 14.6. The second-order valence-electron chi connectivity index (χ2n) is 6.43. The Bertz CT molecular complexity index is 832. The molecule has 1 fully saturated rings. The molecule has 1 saturated heterocycles. The van der Waals surface area contributed by atoms with Crippen molar-refractivity contribution in [3.8, 4) is 11.5 Å². The van der Waals surface area contributed by atoms with Crippen LogP contribution in [-0.4, -0.2) is 59.0 Å². The van der Waals surface area contributed by atoms with Gasteiger partial charge < -0.3 is 19.6 Å². The summed E-state index contributed by atoms with van der Waals surface area (Å²) in [4.78, 5) is 26.4. The summed E-state index contributed by atoms with van der Waals surface area (Å²) in [7, 11) is 0. The first-order valence-electron chi connectivity index (χ1n) is 8.84. The van der Waals surface area contributed by atoms with Crippen molar-refractivity contribution in [2.45, 2.75) is 18.9 Å². The summed E-state index contributed by atoms with van der Waals surface area (Å²) < 4.78 is 32.1. The number of hydrogen-bond donors (Lipinski definition) is 1. The zero-order valence-electron chi connectivity index (χ0n) is 15.0. The van der Waals surface area contributed by atoms with Crippen LogP contribution in [0.3, 0.4) is 0 Å². The van der Waals surface area contributed by atoms with Crippen LogP contribution in [0.4, 0.5) is 13.6 Å². The topological polar surface area (TPSA) is 70.1 Å². The molecule has 1 atom stereocenters. The van der Waals surface area contributed by atoms with Gasteiger partial charge in [0.1, 0.15) is 11.5 Å². The average molecular weight is 390 g/mol. The molecular weight excluding hydrogens is 370 g/mol. The molecule has 1 aliphatic rings. The van der Waals surface area contributed by atoms with E-state index in [4.69, 9.17) is 9.84 Å². The van der Waals surface area contributed by atoms with Crippen molar-refractivity contribution in [3.05, 3.63) is 60.2 Å². The molecule has 1 heterocycles. The third-order valence-electron chi connectivity index (χ3n) is 4.56. The highest BCUT2D eigenvalue weighted by Gasteiger charge is 2.35. The summed E-state index contributed by atoms with van der Waals surface area (Å²) in [6.07, 6.45) is -3.54. The molecule has 148 valence electrons. The molecule has 0 bridgehead atoms. The first kappa shape index (κ1) is 19.6. The van der Waals surface area contributed by atoms with Gasteiger partial charge in [0.05, 0.1) is 18.2 Å². The van der Waals surface area contributed by atoms with E-state index in [0.29, 0.717) is 12.2 Å². The Balaban J connectivity index is 1.86. The second kappa shape index (κ2) is 8.69. The van der Waals surface area contributed by atoms with Crippen LogP contribution in [-0.2, 0) is 0 Å². The minimum Gasteiger partial charge on any atom is -0.465 e.